The molecule has 0 rings (SSSR count). The molecule has 0 bridgehead atoms. The lowest BCUT2D eigenvalue weighted by molar-refractivity contribution is -0.423. The molecule has 0 heterocycles. The Morgan fingerprint density at radius 1 is 0.600 bits per heavy atom. The minimum atomic E-state index is -7.51. The third-order valence-electron chi connectivity index (χ3n) is 2.25. The highest BCUT2D eigenvalue weighted by atomic mass is 19.4. The van der Waals surface area contributed by atoms with Crippen LogP contribution in [0.2, 0.25) is 0 Å². The molecule has 25 heavy (non-hydrogen) atoms. The summed E-state index contributed by atoms with van der Waals surface area (Å²) in [7, 11) is 0. The lowest BCUT2D eigenvalue weighted by atomic mass is 10.1. The molecule has 3 nitrogen and oxygen atoms in total. The molecule has 0 aliphatic rings. The molecular weight excluding hydrogens is 410 g/mol. The van der Waals surface area contributed by atoms with Crippen molar-refractivity contribution in [1.82, 2.24) is 0 Å². The van der Waals surface area contributed by atoms with Gasteiger partial charge in [0, 0.05) is 0 Å². The maximum atomic E-state index is 12.8. The van der Waals surface area contributed by atoms with Gasteiger partial charge in [0.25, 0.3) is 0 Å². The first-order valence-corrected chi connectivity index (χ1v) is 4.96. The number of alkyl halides is 13. The predicted molar refractivity (Wildman–Crippen MR) is 43.0 cm³/mol. The Morgan fingerprint density at radius 3 is 1.16 bits per heavy atom. The second-order valence-electron chi connectivity index (χ2n) is 3.98. The molecule has 0 aromatic rings. The number of halogens is 14. The summed E-state index contributed by atoms with van der Waals surface area (Å²) < 4.78 is 174. The summed E-state index contributed by atoms with van der Waals surface area (Å²) in [5, 5.41) is 0. The summed E-state index contributed by atoms with van der Waals surface area (Å²) in [5.74, 6) is -34.1. The van der Waals surface area contributed by atoms with Gasteiger partial charge in [-0.05, 0) is 0 Å². The second-order valence-corrected chi connectivity index (χ2v) is 3.98. The molecule has 0 saturated carbocycles. The fraction of sp³-hybridized carbons (Fsp3) is 0.750. The average Bonchev–Trinajstić information content (AvgIpc) is 2.34. The summed E-state index contributed by atoms with van der Waals surface area (Å²) in [4.78, 5) is 20.0. The SMILES string of the molecule is O=C(F)C(F)(F)C(F)(F)C(F)(F)C(=O)OC(F)(C(F)(F)F)C(F)(F)F. The molecule has 0 amide bonds. The maximum absolute atomic E-state index is 12.8. The van der Waals surface area contributed by atoms with E-state index >= 15 is 0 Å². The molecule has 148 valence electrons. The number of carbonyl (C=O) groups excluding carboxylic acids is 2. The fourth-order valence-corrected chi connectivity index (χ4v) is 0.917. The van der Waals surface area contributed by atoms with Gasteiger partial charge < -0.3 is 4.74 Å². The van der Waals surface area contributed by atoms with E-state index in [1.165, 1.54) is 0 Å². The average molecular weight is 410 g/mol. The summed E-state index contributed by atoms with van der Waals surface area (Å²) in [6.45, 7) is 0. The van der Waals surface area contributed by atoms with E-state index in [0.29, 0.717) is 0 Å². The molecule has 17 heteroatoms. The van der Waals surface area contributed by atoms with E-state index < -0.39 is 48.0 Å². The van der Waals surface area contributed by atoms with E-state index in [1.54, 1.807) is 4.74 Å². The largest absolute Gasteiger partial charge is 0.470 e. The van der Waals surface area contributed by atoms with E-state index in [2.05, 4.69) is 0 Å². The van der Waals surface area contributed by atoms with Gasteiger partial charge in [-0.1, -0.05) is 0 Å². The number of ether oxygens (including phenoxy) is 1. The highest BCUT2D eigenvalue weighted by Crippen LogP contribution is 2.51. The van der Waals surface area contributed by atoms with Gasteiger partial charge in [0.05, 0.1) is 0 Å². The zero-order valence-electron chi connectivity index (χ0n) is 10.5. The summed E-state index contributed by atoms with van der Waals surface area (Å²) in [6.07, 6.45) is -14.7. The van der Waals surface area contributed by atoms with Crippen molar-refractivity contribution >= 4 is 12.0 Å². The zero-order chi connectivity index (χ0) is 20.9. The first kappa shape index (κ1) is 23.2. The van der Waals surface area contributed by atoms with Crippen LogP contribution in [0.5, 0.6) is 0 Å². The quantitative estimate of drug-likeness (QED) is 0.395. The Morgan fingerprint density at radius 2 is 0.920 bits per heavy atom. The topological polar surface area (TPSA) is 43.4 Å². The molecular formula is C8F14O3. The van der Waals surface area contributed by atoms with E-state index in [9.17, 15) is 71.1 Å². The van der Waals surface area contributed by atoms with Crippen LogP contribution in [0.15, 0.2) is 0 Å². The van der Waals surface area contributed by atoms with Crippen LogP contribution in [-0.4, -0.2) is 48.0 Å². The minimum absolute atomic E-state index is 1.64. The van der Waals surface area contributed by atoms with Gasteiger partial charge >= 0.3 is 48.0 Å². The van der Waals surface area contributed by atoms with Gasteiger partial charge in [0.2, 0.25) is 0 Å². The van der Waals surface area contributed by atoms with Crippen molar-refractivity contribution in [3.63, 3.8) is 0 Å². The molecule has 0 saturated heterocycles. The fourth-order valence-electron chi connectivity index (χ4n) is 0.917. The Hall–Kier alpha value is -1.84. The number of rotatable bonds is 5. The van der Waals surface area contributed by atoms with Crippen LogP contribution in [0.4, 0.5) is 61.5 Å². The van der Waals surface area contributed by atoms with Gasteiger partial charge in [-0.15, -0.1) is 0 Å². The molecule has 0 fully saturated rings. The number of carbonyl (C=O) groups is 2. The van der Waals surface area contributed by atoms with Crippen LogP contribution in [-0.2, 0) is 14.3 Å². The van der Waals surface area contributed by atoms with Gasteiger partial charge in [-0.25, -0.2) is 4.79 Å². The summed E-state index contributed by atoms with van der Waals surface area (Å²) >= 11 is 0. The molecule has 0 aromatic carbocycles. The molecule has 0 spiro atoms. The summed E-state index contributed by atoms with van der Waals surface area (Å²) in [6, 6.07) is -4.52. The van der Waals surface area contributed by atoms with Crippen molar-refractivity contribution in [2.24, 2.45) is 0 Å². The summed E-state index contributed by atoms with van der Waals surface area (Å²) in [5.41, 5.74) is 0. The molecule has 0 unspecified atom stereocenters. The molecule has 0 N–H and O–H groups in total. The Labute approximate surface area is 125 Å². The van der Waals surface area contributed by atoms with E-state index in [1.807, 2.05) is 0 Å². The highest BCUT2D eigenvalue weighted by molar-refractivity contribution is 5.84. The van der Waals surface area contributed by atoms with E-state index in [0.717, 1.165) is 0 Å². The van der Waals surface area contributed by atoms with Crippen molar-refractivity contribution in [3.8, 4) is 0 Å². The lowest BCUT2D eigenvalue weighted by Gasteiger charge is -2.33. The normalized spacial score (nSPS) is 15.1. The highest BCUT2D eigenvalue weighted by Gasteiger charge is 2.82. The number of esters is 1. The molecule has 0 aliphatic carbocycles. The van der Waals surface area contributed by atoms with Crippen LogP contribution < -0.4 is 0 Å². The number of hydrogen-bond donors (Lipinski definition) is 0. The maximum Gasteiger partial charge on any atom is 0.470 e. The number of hydrogen-bond acceptors (Lipinski definition) is 3. The van der Waals surface area contributed by atoms with Crippen molar-refractivity contribution in [2.75, 3.05) is 0 Å². The standard InChI is InChI=1S/C8F14O3/c9-1(23)3(10,11)5(14,15)4(12,13)2(24)25-6(16,7(17,18)19)8(20,21)22. The lowest BCUT2D eigenvalue weighted by Crippen LogP contribution is -2.64. The van der Waals surface area contributed by atoms with Gasteiger partial charge in [-0.3, -0.25) is 4.79 Å². The molecule has 0 atom stereocenters. The second kappa shape index (κ2) is 5.86. The van der Waals surface area contributed by atoms with Crippen molar-refractivity contribution in [3.05, 3.63) is 0 Å². The predicted octanol–water partition coefficient (Wildman–Crippen LogP) is 3.72. The van der Waals surface area contributed by atoms with Crippen LogP contribution >= 0.6 is 0 Å². The monoisotopic (exact) mass is 410 g/mol. The minimum Gasteiger partial charge on any atom is -0.408 e. The smallest absolute Gasteiger partial charge is 0.408 e. The van der Waals surface area contributed by atoms with Gasteiger partial charge in [0.15, 0.2) is 0 Å². The van der Waals surface area contributed by atoms with Crippen molar-refractivity contribution < 1.29 is 75.8 Å². The van der Waals surface area contributed by atoms with Crippen molar-refractivity contribution in [1.29, 1.82) is 0 Å². The molecule has 0 aromatic heterocycles. The van der Waals surface area contributed by atoms with Crippen LogP contribution in [0, 0.1) is 0 Å². The van der Waals surface area contributed by atoms with Crippen LogP contribution in [0.25, 0.3) is 0 Å². The first-order chi connectivity index (χ1) is 10.6. The third-order valence-corrected chi connectivity index (χ3v) is 2.25. The van der Waals surface area contributed by atoms with Gasteiger partial charge in [0.1, 0.15) is 0 Å². The Balaban J connectivity index is 6.08. The van der Waals surface area contributed by atoms with Gasteiger partial charge in [-0.2, -0.15) is 61.5 Å². The van der Waals surface area contributed by atoms with E-state index in [-0.39, 0.29) is 0 Å². The molecule has 0 radical (unpaired) electrons. The van der Waals surface area contributed by atoms with Crippen molar-refractivity contribution in [2.45, 2.75) is 36.0 Å². The first-order valence-electron chi connectivity index (χ1n) is 4.96. The zero-order valence-corrected chi connectivity index (χ0v) is 10.5. The third kappa shape index (κ3) is 3.44. The van der Waals surface area contributed by atoms with Crippen LogP contribution in [0.3, 0.4) is 0 Å². The Kier molecular flexibility index (Phi) is 5.43. The van der Waals surface area contributed by atoms with E-state index in [4.69, 9.17) is 0 Å². The van der Waals surface area contributed by atoms with Crippen LogP contribution in [0.1, 0.15) is 0 Å². The Bertz CT molecular complexity index is 529. The molecule has 0 aliphatic heterocycles.